The fourth-order valence-electron chi connectivity index (χ4n) is 3.66. The van der Waals surface area contributed by atoms with Crippen LogP contribution >= 0.6 is 0 Å². The molecule has 0 saturated heterocycles. The maximum Gasteiger partial charge on any atom is 0.261 e. The Morgan fingerprint density at radius 3 is 1.41 bits per heavy atom. The summed E-state index contributed by atoms with van der Waals surface area (Å²) in [6.45, 7) is 11.9. The highest BCUT2D eigenvalue weighted by Crippen LogP contribution is 2.21. The lowest BCUT2D eigenvalue weighted by atomic mass is 10.0. The van der Waals surface area contributed by atoms with E-state index in [1.165, 1.54) is 0 Å². The number of benzene rings is 3. The minimum Gasteiger partial charge on any atom is -0.322 e. The summed E-state index contributed by atoms with van der Waals surface area (Å²) >= 11 is 0. The molecule has 3 aromatic rings. The zero-order valence-electron chi connectivity index (χ0n) is 19.6. The monoisotopic (exact) mass is 426 g/mol. The molecule has 0 fully saturated rings. The van der Waals surface area contributed by atoms with Crippen molar-refractivity contribution < 1.29 is 9.59 Å². The van der Waals surface area contributed by atoms with Gasteiger partial charge in [0.1, 0.15) is 5.57 Å². The van der Waals surface area contributed by atoms with Crippen LogP contribution in [0.5, 0.6) is 0 Å². The normalized spacial score (nSPS) is 10.4. The number of carbonyl (C=O) groups excluding carboxylic acids is 2. The lowest BCUT2D eigenvalue weighted by molar-refractivity contribution is -0.118. The van der Waals surface area contributed by atoms with Gasteiger partial charge in [0, 0.05) is 11.4 Å². The van der Waals surface area contributed by atoms with Crippen molar-refractivity contribution in [3.05, 3.63) is 99.1 Å². The van der Waals surface area contributed by atoms with Crippen LogP contribution in [0.3, 0.4) is 0 Å². The van der Waals surface area contributed by atoms with Crippen LogP contribution in [0.4, 0.5) is 11.4 Å². The van der Waals surface area contributed by atoms with Crippen LogP contribution in [0.15, 0.2) is 60.2 Å². The second-order valence-corrected chi connectivity index (χ2v) is 8.46. The molecule has 0 saturated carbocycles. The number of carbonyl (C=O) groups is 2. The van der Waals surface area contributed by atoms with Crippen molar-refractivity contribution >= 4 is 29.3 Å². The molecule has 3 aromatic carbocycles. The largest absolute Gasteiger partial charge is 0.322 e. The van der Waals surface area contributed by atoms with Crippen molar-refractivity contribution in [1.82, 2.24) is 0 Å². The molecule has 0 heterocycles. The Bertz CT molecular complexity index is 1150. The summed E-state index contributed by atoms with van der Waals surface area (Å²) in [5.74, 6) is -0.890. The SMILES string of the molecule is Cc1ccc(C=C(C(=O)Nc2ccc(C)cc2C)C(=O)Nc2ccc(C)cc2C)c(C)c1. The van der Waals surface area contributed by atoms with E-state index in [1.807, 2.05) is 96.1 Å². The topological polar surface area (TPSA) is 58.2 Å². The Hall–Kier alpha value is -3.66. The molecule has 164 valence electrons. The van der Waals surface area contributed by atoms with Crippen molar-refractivity contribution in [3.63, 3.8) is 0 Å². The van der Waals surface area contributed by atoms with Crippen LogP contribution in [0, 0.1) is 41.5 Å². The standard InChI is InChI=1S/C28H30N2O2/c1-17-7-10-23(20(4)13-17)16-24(27(31)29-25-11-8-18(2)14-21(25)5)28(32)30-26-12-9-19(3)15-22(26)6/h7-16H,1-6H3,(H,29,31)(H,30,32). The lowest BCUT2D eigenvalue weighted by Crippen LogP contribution is -2.26. The van der Waals surface area contributed by atoms with Gasteiger partial charge in [-0.2, -0.15) is 0 Å². The second kappa shape index (κ2) is 9.65. The third kappa shape index (κ3) is 5.52. The molecule has 0 radical (unpaired) electrons. The Kier molecular flexibility index (Phi) is 6.94. The number of rotatable bonds is 5. The van der Waals surface area contributed by atoms with Crippen LogP contribution in [0.2, 0.25) is 0 Å². The quantitative estimate of drug-likeness (QED) is 0.290. The van der Waals surface area contributed by atoms with Gasteiger partial charge in [-0.05, 0) is 82.0 Å². The van der Waals surface area contributed by atoms with Gasteiger partial charge >= 0.3 is 0 Å². The zero-order valence-corrected chi connectivity index (χ0v) is 19.6. The third-order valence-electron chi connectivity index (χ3n) is 5.47. The summed E-state index contributed by atoms with van der Waals surface area (Å²) in [6, 6.07) is 17.5. The molecule has 0 spiro atoms. The van der Waals surface area contributed by atoms with Gasteiger partial charge < -0.3 is 10.6 Å². The minimum atomic E-state index is -0.445. The van der Waals surface area contributed by atoms with Crippen LogP contribution in [0.1, 0.15) is 38.9 Å². The van der Waals surface area contributed by atoms with E-state index in [-0.39, 0.29) is 5.57 Å². The molecule has 2 N–H and O–H groups in total. The lowest BCUT2D eigenvalue weighted by Gasteiger charge is -2.14. The van der Waals surface area contributed by atoms with E-state index < -0.39 is 11.8 Å². The minimum absolute atomic E-state index is 0.0527. The molecule has 0 aromatic heterocycles. The number of hydrogen-bond donors (Lipinski definition) is 2. The van der Waals surface area contributed by atoms with Crippen LogP contribution in [-0.2, 0) is 9.59 Å². The summed E-state index contributed by atoms with van der Waals surface area (Å²) in [7, 11) is 0. The van der Waals surface area contributed by atoms with Crippen molar-refractivity contribution in [1.29, 1.82) is 0 Å². The van der Waals surface area contributed by atoms with Gasteiger partial charge in [0.05, 0.1) is 0 Å². The molecule has 4 heteroatoms. The van der Waals surface area contributed by atoms with E-state index in [0.717, 1.165) is 38.9 Å². The number of nitrogens with one attached hydrogen (secondary N) is 2. The number of hydrogen-bond acceptors (Lipinski definition) is 2. The van der Waals surface area contributed by atoms with Gasteiger partial charge in [-0.3, -0.25) is 9.59 Å². The predicted molar refractivity (Wildman–Crippen MR) is 133 cm³/mol. The Labute approximate surface area is 190 Å². The highest BCUT2D eigenvalue weighted by Gasteiger charge is 2.20. The van der Waals surface area contributed by atoms with Crippen molar-refractivity contribution in [2.24, 2.45) is 0 Å². The molecule has 0 unspecified atom stereocenters. The molecule has 0 aliphatic rings. The van der Waals surface area contributed by atoms with E-state index in [4.69, 9.17) is 0 Å². The number of amides is 2. The molecular formula is C28H30N2O2. The predicted octanol–water partition coefficient (Wildman–Crippen LogP) is 6.20. The maximum atomic E-state index is 13.3. The second-order valence-electron chi connectivity index (χ2n) is 8.46. The smallest absolute Gasteiger partial charge is 0.261 e. The molecule has 4 nitrogen and oxygen atoms in total. The fourth-order valence-corrected chi connectivity index (χ4v) is 3.66. The highest BCUT2D eigenvalue weighted by molar-refractivity contribution is 6.29. The third-order valence-corrected chi connectivity index (χ3v) is 5.47. The molecule has 0 aliphatic heterocycles. The van der Waals surface area contributed by atoms with Gasteiger partial charge in [-0.15, -0.1) is 0 Å². The number of aryl methyl sites for hydroxylation is 6. The first-order chi connectivity index (χ1) is 15.1. The van der Waals surface area contributed by atoms with Gasteiger partial charge in [0.25, 0.3) is 11.8 Å². The van der Waals surface area contributed by atoms with E-state index in [0.29, 0.717) is 11.4 Å². The van der Waals surface area contributed by atoms with E-state index in [1.54, 1.807) is 6.08 Å². The summed E-state index contributed by atoms with van der Waals surface area (Å²) < 4.78 is 0. The zero-order chi connectivity index (χ0) is 23.4. The van der Waals surface area contributed by atoms with E-state index >= 15 is 0 Å². The number of anilines is 2. The van der Waals surface area contributed by atoms with Crippen molar-refractivity contribution in [2.75, 3.05) is 10.6 Å². The Morgan fingerprint density at radius 1 is 0.594 bits per heavy atom. The van der Waals surface area contributed by atoms with Gasteiger partial charge in [0.2, 0.25) is 0 Å². The van der Waals surface area contributed by atoms with Crippen LogP contribution < -0.4 is 10.6 Å². The van der Waals surface area contributed by atoms with Crippen molar-refractivity contribution in [2.45, 2.75) is 41.5 Å². The van der Waals surface area contributed by atoms with E-state index in [9.17, 15) is 9.59 Å². The molecule has 0 aliphatic carbocycles. The van der Waals surface area contributed by atoms with Gasteiger partial charge in [0.15, 0.2) is 0 Å². The van der Waals surface area contributed by atoms with Crippen molar-refractivity contribution in [3.8, 4) is 0 Å². The first-order valence-electron chi connectivity index (χ1n) is 10.7. The molecule has 2 amide bonds. The van der Waals surface area contributed by atoms with E-state index in [2.05, 4.69) is 10.6 Å². The summed E-state index contributed by atoms with van der Waals surface area (Å²) in [5, 5.41) is 5.82. The molecule has 32 heavy (non-hydrogen) atoms. The molecular weight excluding hydrogens is 396 g/mol. The summed E-state index contributed by atoms with van der Waals surface area (Å²) in [5.41, 5.74) is 8.49. The molecule has 3 rings (SSSR count). The Morgan fingerprint density at radius 2 is 1.00 bits per heavy atom. The fraction of sp³-hybridized carbons (Fsp3) is 0.214. The average Bonchev–Trinajstić information content (AvgIpc) is 2.71. The van der Waals surface area contributed by atoms with Crippen LogP contribution in [-0.4, -0.2) is 11.8 Å². The van der Waals surface area contributed by atoms with Gasteiger partial charge in [-0.25, -0.2) is 0 Å². The molecule has 0 bridgehead atoms. The summed E-state index contributed by atoms with van der Waals surface area (Å²) in [6.07, 6.45) is 1.66. The molecule has 0 atom stereocenters. The highest BCUT2D eigenvalue weighted by atomic mass is 16.2. The average molecular weight is 427 g/mol. The first-order valence-corrected chi connectivity index (χ1v) is 10.7. The summed E-state index contributed by atoms with van der Waals surface area (Å²) in [4.78, 5) is 26.5. The maximum absolute atomic E-state index is 13.3. The Balaban J connectivity index is 1.98. The van der Waals surface area contributed by atoms with Crippen LogP contribution in [0.25, 0.3) is 6.08 Å². The first kappa shape index (κ1) is 23.0. The van der Waals surface area contributed by atoms with Gasteiger partial charge in [-0.1, -0.05) is 59.2 Å².